The number of rotatable bonds is 6. The molecule has 0 rings (SSSR count). The molecular weight excluding hydrogens is 237 g/mol. The average molecular weight is 256 g/mol. The standard InChI is InChI=1S/C9H19F3N4O/c1-16(6-4-9(10,11)12)8(15-13)14-5-3-7-17-2/h3-7,13H2,1-2H3,(H,14,15). The van der Waals surface area contributed by atoms with Crippen LogP contribution in [0.3, 0.4) is 0 Å². The topological polar surface area (TPSA) is 62.9 Å². The van der Waals surface area contributed by atoms with Gasteiger partial charge in [-0.1, -0.05) is 0 Å². The van der Waals surface area contributed by atoms with Crippen molar-refractivity contribution in [2.75, 3.05) is 33.9 Å². The Morgan fingerprint density at radius 1 is 1.47 bits per heavy atom. The van der Waals surface area contributed by atoms with Gasteiger partial charge in [0.05, 0.1) is 6.42 Å². The molecule has 0 aromatic carbocycles. The van der Waals surface area contributed by atoms with Crippen LogP contribution in [0.25, 0.3) is 0 Å². The highest BCUT2D eigenvalue weighted by atomic mass is 19.4. The van der Waals surface area contributed by atoms with Gasteiger partial charge in [0.15, 0.2) is 0 Å². The van der Waals surface area contributed by atoms with E-state index in [9.17, 15) is 13.2 Å². The number of nitrogens with one attached hydrogen (secondary N) is 1. The minimum absolute atomic E-state index is 0.184. The number of methoxy groups -OCH3 is 1. The van der Waals surface area contributed by atoms with Crippen LogP contribution in [-0.4, -0.2) is 50.9 Å². The van der Waals surface area contributed by atoms with Crippen LogP contribution in [0.1, 0.15) is 12.8 Å². The van der Waals surface area contributed by atoms with E-state index in [1.165, 1.54) is 11.9 Å². The summed E-state index contributed by atoms with van der Waals surface area (Å²) in [6.07, 6.45) is -4.39. The number of hydrogen-bond acceptors (Lipinski definition) is 3. The van der Waals surface area contributed by atoms with Crippen molar-refractivity contribution >= 4 is 5.96 Å². The Bertz CT molecular complexity index is 233. The van der Waals surface area contributed by atoms with Gasteiger partial charge in [-0.05, 0) is 6.42 Å². The maximum absolute atomic E-state index is 12.0. The molecular formula is C9H19F3N4O. The Morgan fingerprint density at radius 3 is 2.59 bits per heavy atom. The van der Waals surface area contributed by atoms with Crippen LogP contribution in [0.5, 0.6) is 0 Å². The first-order valence-corrected chi connectivity index (χ1v) is 5.18. The average Bonchev–Trinajstić information content (AvgIpc) is 2.25. The molecule has 8 heteroatoms. The number of guanidine groups is 1. The van der Waals surface area contributed by atoms with Crippen LogP contribution in [0.2, 0.25) is 0 Å². The second-order valence-electron chi connectivity index (χ2n) is 3.48. The first-order valence-electron chi connectivity index (χ1n) is 5.18. The smallest absolute Gasteiger partial charge is 0.385 e. The number of alkyl halides is 3. The molecule has 0 aromatic heterocycles. The van der Waals surface area contributed by atoms with E-state index in [-0.39, 0.29) is 12.5 Å². The number of aliphatic imine (C=N–C) groups is 1. The molecule has 0 aliphatic rings. The molecule has 0 bridgehead atoms. The minimum atomic E-state index is -4.18. The van der Waals surface area contributed by atoms with Crippen LogP contribution < -0.4 is 11.3 Å². The molecule has 17 heavy (non-hydrogen) atoms. The lowest BCUT2D eigenvalue weighted by molar-refractivity contribution is -0.135. The Hall–Kier alpha value is -1.02. The number of nitrogens with zero attached hydrogens (tertiary/aromatic N) is 2. The number of halogens is 3. The Kier molecular flexibility index (Phi) is 7.64. The number of ether oxygens (including phenoxy) is 1. The van der Waals surface area contributed by atoms with Crippen molar-refractivity contribution in [2.24, 2.45) is 10.8 Å². The van der Waals surface area contributed by atoms with Crippen LogP contribution in [-0.2, 0) is 4.74 Å². The molecule has 3 N–H and O–H groups in total. The summed E-state index contributed by atoms with van der Waals surface area (Å²) in [5.41, 5.74) is 2.28. The Balaban J connectivity index is 4.06. The summed E-state index contributed by atoms with van der Waals surface area (Å²) in [4.78, 5) is 5.37. The van der Waals surface area contributed by atoms with Crippen molar-refractivity contribution < 1.29 is 17.9 Å². The van der Waals surface area contributed by atoms with Crippen molar-refractivity contribution in [2.45, 2.75) is 19.0 Å². The van der Waals surface area contributed by atoms with Crippen LogP contribution >= 0.6 is 0 Å². The lowest BCUT2D eigenvalue weighted by Gasteiger charge is -2.21. The molecule has 5 nitrogen and oxygen atoms in total. The van der Waals surface area contributed by atoms with Crippen molar-refractivity contribution in [3.63, 3.8) is 0 Å². The lowest BCUT2D eigenvalue weighted by atomic mass is 10.4. The zero-order valence-corrected chi connectivity index (χ0v) is 10.0. The molecule has 0 unspecified atom stereocenters. The molecule has 0 saturated carbocycles. The molecule has 0 heterocycles. The SMILES string of the molecule is COCCCN=C(NN)N(C)CCC(F)(F)F. The summed E-state index contributed by atoms with van der Waals surface area (Å²) in [5, 5.41) is 0. The zero-order valence-electron chi connectivity index (χ0n) is 10.0. The van der Waals surface area contributed by atoms with Gasteiger partial charge < -0.3 is 9.64 Å². The van der Waals surface area contributed by atoms with E-state index in [0.717, 1.165) is 0 Å². The lowest BCUT2D eigenvalue weighted by Crippen LogP contribution is -2.44. The minimum Gasteiger partial charge on any atom is -0.385 e. The number of nitrogens with two attached hydrogens (primary N) is 1. The molecule has 0 aliphatic heterocycles. The zero-order chi connectivity index (χ0) is 13.3. The van der Waals surface area contributed by atoms with Crippen molar-refractivity contribution in [3.8, 4) is 0 Å². The fourth-order valence-corrected chi connectivity index (χ4v) is 1.07. The van der Waals surface area contributed by atoms with Crippen LogP contribution in [0.4, 0.5) is 13.2 Å². The van der Waals surface area contributed by atoms with E-state index in [0.29, 0.717) is 19.6 Å². The first kappa shape index (κ1) is 16.0. The molecule has 0 spiro atoms. The molecule has 0 aliphatic carbocycles. The Morgan fingerprint density at radius 2 is 2.12 bits per heavy atom. The third kappa shape index (κ3) is 8.75. The predicted molar refractivity (Wildman–Crippen MR) is 59.4 cm³/mol. The van der Waals surface area contributed by atoms with E-state index in [4.69, 9.17) is 10.6 Å². The van der Waals surface area contributed by atoms with Crippen molar-refractivity contribution in [1.82, 2.24) is 10.3 Å². The summed E-state index contributed by atoms with van der Waals surface area (Å²) >= 11 is 0. The van der Waals surface area contributed by atoms with Gasteiger partial charge in [-0.3, -0.25) is 10.4 Å². The third-order valence-corrected chi connectivity index (χ3v) is 1.99. The maximum atomic E-state index is 12.0. The van der Waals surface area contributed by atoms with Gasteiger partial charge in [0.1, 0.15) is 0 Å². The van der Waals surface area contributed by atoms with Crippen LogP contribution in [0, 0.1) is 0 Å². The van der Waals surface area contributed by atoms with Gasteiger partial charge in [0.25, 0.3) is 0 Å². The fraction of sp³-hybridized carbons (Fsp3) is 0.889. The first-order chi connectivity index (χ1) is 7.90. The second kappa shape index (κ2) is 8.13. The molecule has 0 saturated heterocycles. The van der Waals surface area contributed by atoms with Gasteiger partial charge in [-0.15, -0.1) is 0 Å². The van der Waals surface area contributed by atoms with Gasteiger partial charge in [-0.2, -0.15) is 13.2 Å². The van der Waals surface area contributed by atoms with E-state index in [1.54, 1.807) is 7.11 Å². The second-order valence-corrected chi connectivity index (χ2v) is 3.48. The van der Waals surface area contributed by atoms with E-state index in [1.807, 2.05) is 0 Å². The van der Waals surface area contributed by atoms with Gasteiger partial charge >= 0.3 is 6.18 Å². The molecule has 0 amide bonds. The normalized spacial score (nSPS) is 12.7. The highest BCUT2D eigenvalue weighted by Crippen LogP contribution is 2.19. The number of hydrogen-bond donors (Lipinski definition) is 2. The summed E-state index contributed by atoms with van der Waals surface area (Å²) in [6.45, 7) is 0.814. The van der Waals surface area contributed by atoms with E-state index < -0.39 is 12.6 Å². The van der Waals surface area contributed by atoms with Crippen molar-refractivity contribution in [3.05, 3.63) is 0 Å². The summed E-state index contributed by atoms with van der Waals surface area (Å²) in [7, 11) is 3.07. The largest absolute Gasteiger partial charge is 0.390 e. The molecule has 0 radical (unpaired) electrons. The summed E-state index contributed by atoms with van der Waals surface area (Å²) < 4.78 is 40.8. The van der Waals surface area contributed by atoms with Gasteiger partial charge in [0.2, 0.25) is 5.96 Å². The highest BCUT2D eigenvalue weighted by Gasteiger charge is 2.27. The van der Waals surface area contributed by atoms with Crippen molar-refractivity contribution in [1.29, 1.82) is 0 Å². The summed E-state index contributed by atoms with van der Waals surface area (Å²) in [6, 6.07) is 0. The molecule has 0 fully saturated rings. The highest BCUT2D eigenvalue weighted by molar-refractivity contribution is 5.79. The van der Waals surface area contributed by atoms with E-state index >= 15 is 0 Å². The quantitative estimate of drug-likeness (QED) is 0.242. The molecule has 102 valence electrons. The van der Waals surface area contributed by atoms with Gasteiger partial charge in [0, 0.05) is 33.9 Å². The molecule has 0 aromatic rings. The molecule has 0 atom stereocenters. The van der Waals surface area contributed by atoms with E-state index in [2.05, 4.69) is 10.4 Å². The third-order valence-electron chi connectivity index (χ3n) is 1.99. The monoisotopic (exact) mass is 256 g/mol. The maximum Gasteiger partial charge on any atom is 0.390 e. The van der Waals surface area contributed by atoms with Gasteiger partial charge in [-0.25, -0.2) is 5.84 Å². The predicted octanol–water partition coefficient (Wildman–Crippen LogP) is 0.726. The summed E-state index contributed by atoms with van der Waals surface area (Å²) in [5.74, 6) is 5.43. The van der Waals surface area contributed by atoms with Crippen LogP contribution in [0.15, 0.2) is 4.99 Å². The number of hydrazine groups is 1. The fourth-order valence-electron chi connectivity index (χ4n) is 1.07. The Labute approximate surface area is 98.8 Å².